The van der Waals surface area contributed by atoms with Gasteiger partial charge in [-0.05, 0) is 42.5 Å². The highest BCUT2D eigenvalue weighted by molar-refractivity contribution is 7.92. The van der Waals surface area contributed by atoms with Gasteiger partial charge in [-0.15, -0.1) is 0 Å². The van der Waals surface area contributed by atoms with Crippen molar-refractivity contribution < 1.29 is 17.6 Å². The van der Waals surface area contributed by atoms with Crippen molar-refractivity contribution in [2.24, 2.45) is 0 Å². The SMILES string of the molecule is CS(=O)(=O)N(CCNC(=O)c1ccc(F)cc1)c1cccc(Cl)c1. The van der Waals surface area contributed by atoms with Crippen LogP contribution in [-0.4, -0.2) is 33.7 Å². The minimum atomic E-state index is -3.53. The third kappa shape index (κ3) is 4.94. The second kappa shape index (κ2) is 7.63. The number of carbonyl (C=O) groups is 1. The molecule has 5 nitrogen and oxygen atoms in total. The van der Waals surface area contributed by atoms with Crippen molar-refractivity contribution in [3.05, 3.63) is 64.9 Å². The average Bonchev–Trinajstić information content (AvgIpc) is 2.50. The molecule has 0 heterocycles. The maximum Gasteiger partial charge on any atom is 0.251 e. The van der Waals surface area contributed by atoms with Crippen molar-refractivity contribution in [1.29, 1.82) is 0 Å². The second-order valence-corrected chi connectivity index (χ2v) is 7.42. The Labute approximate surface area is 145 Å². The van der Waals surface area contributed by atoms with Gasteiger partial charge in [0.25, 0.3) is 5.91 Å². The maximum atomic E-state index is 12.8. The molecule has 0 spiro atoms. The van der Waals surface area contributed by atoms with Crippen molar-refractivity contribution in [2.75, 3.05) is 23.7 Å². The lowest BCUT2D eigenvalue weighted by molar-refractivity contribution is 0.0955. The van der Waals surface area contributed by atoms with Crippen LogP contribution in [0.25, 0.3) is 0 Å². The van der Waals surface area contributed by atoms with E-state index in [1.54, 1.807) is 18.2 Å². The molecule has 0 radical (unpaired) electrons. The number of hydrogen-bond acceptors (Lipinski definition) is 3. The van der Waals surface area contributed by atoms with Crippen molar-refractivity contribution >= 4 is 33.2 Å². The van der Waals surface area contributed by atoms with Gasteiger partial charge < -0.3 is 5.32 Å². The summed E-state index contributed by atoms with van der Waals surface area (Å²) in [7, 11) is -3.53. The summed E-state index contributed by atoms with van der Waals surface area (Å²) >= 11 is 5.89. The zero-order valence-electron chi connectivity index (χ0n) is 12.9. The zero-order valence-corrected chi connectivity index (χ0v) is 14.4. The topological polar surface area (TPSA) is 66.5 Å². The standard InChI is InChI=1S/C16H16ClFN2O3S/c1-24(22,23)20(15-4-2-3-13(17)11-15)10-9-19-16(21)12-5-7-14(18)8-6-12/h2-8,11H,9-10H2,1H3,(H,19,21). The Morgan fingerprint density at radius 3 is 2.46 bits per heavy atom. The molecule has 24 heavy (non-hydrogen) atoms. The molecule has 0 bridgehead atoms. The minimum absolute atomic E-state index is 0.0477. The lowest BCUT2D eigenvalue weighted by Crippen LogP contribution is -2.38. The van der Waals surface area contributed by atoms with Gasteiger partial charge in [0.05, 0.1) is 18.5 Å². The van der Waals surface area contributed by atoms with Gasteiger partial charge >= 0.3 is 0 Å². The van der Waals surface area contributed by atoms with Crippen LogP contribution in [0.4, 0.5) is 10.1 Å². The third-order valence-corrected chi connectivity index (χ3v) is 4.63. The normalized spacial score (nSPS) is 11.1. The number of carbonyl (C=O) groups excluding carboxylic acids is 1. The van der Waals surface area contributed by atoms with Crippen molar-refractivity contribution in [1.82, 2.24) is 5.32 Å². The fourth-order valence-electron chi connectivity index (χ4n) is 2.09. The number of rotatable bonds is 6. The van der Waals surface area contributed by atoms with Gasteiger partial charge in [0.2, 0.25) is 10.0 Å². The summed E-state index contributed by atoms with van der Waals surface area (Å²) in [6, 6.07) is 11.5. The summed E-state index contributed by atoms with van der Waals surface area (Å²) in [4.78, 5) is 12.0. The molecule has 0 fully saturated rings. The van der Waals surface area contributed by atoms with E-state index in [0.717, 1.165) is 10.6 Å². The highest BCUT2D eigenvalue weighted by Crippen LogP contribution is 2.21. The first-order valence-electron chi connectivity index (χ1n) is 7.04. The highest BCUT2D eigenvalue weighted by Gasteiger charge is 2.17. The molecule has 0 aliphatic carbocycles. The molecule has 0 aromatic heterocycles. The zero-order chi connectivity index (χ0) is 17.7. The molecular formula is C16H16ClFN2O3S. The van der Waals surface area contributed by atoms with Crippen LogP contribution in [0.3, 0.4) is 0 Å². The Hall–Kier alpha value is -2.12. The molecule has 128 valence electrons. The molecule has 2 aromatic carbocycles. The van der Waals surface area contributed by atoms with Crippen LogP contribution in [0.2, 0.25) is 5.02 Å². The number of benzene rings is 2. The Morgan fingerprint density at radius 1 is 1.21 bits per heavy atom. The molecule has 0 aliphatic rings. The average molecular weight is 371 g/mol. The second-order valence-electron chi connectivity index (χ2n) is 5.08. The van der Waals surface area contributed by atoms with Crippen LogP contribution >= 0.6 is 11.6 Å². The van der Waals surface area contributed by atoms with E-state index in [0.29, 0.717) is 16.3 Å². The van der Waals surface area contributed by atoms with E-state index in [4.69, 9.17) is 11.6 Å². The molecule has 0 unspecified atom stereocenters. The summed E-state index contributed by atoms with van der Waals surface area (Å²) in [5.41, 5.74) is 0.714. The summed E-state index contributed by atoms with van der Waals surface area (Å²) in [5.74, 6) is -0.842. The van der Waals surface area contributed by atoms with Crippen LogP contribution in [0.5, 0.6) is 0 Å². The van der Waals surface area contributed by atoms with Gasteiger partial charge in [-0.1, -0.05) is 17.7 Å². The molecule has 1 N–H and O–H groups in total. The predicted octanol–water partition coefficient (Wildman–Crippen LogP) is 2.68. The Morgan fingerprint density at radius 2 is 1.88 bits per heavy atom. The molecule has 2 rings (SSSR count). The van der Waals surface area contributed by atoms with Crippen molar-refractivity contribution in [3.63, 3.8) is 0 Å². The summed E-state index contributed by atoms with van der Waals surface area (Å²) in [5, 5.41) is 3.02. The number of nitrogens with one attached hydrogen (secondary N) is 1. The van der Waals surface area contributed by atoms with E-state index in [9.17, 15) is 17.6 Å². The van der Waals surface area contributed by atoms with Crippen molar-refractivity contribution in [3.8, 4) is 0 Å². The molecule has 0 aliphatic heterocycles. The first kappa shape index (κ1) is 18.2. The smallest absolute Gasteiger partial charge is 0.251 e. The van der Waals surface area contributed by atoms with Crippen LogP contribution in [0, 0.1) is 5.82 Å². The van der Waals surface area contributed by atoms with E-state index in [1.807, 2.05) is 0 Å². The Bertz CT molecular complexity index is 825. The molecular weight excluding hydrogens is 355 g/mol. The van der Waals surface area contributed by atoms with E-state index in [-0.39, 0.29) is 13.1 Å². The first-order chi connectivity index (χ1) is 11.3. The molecule has 0 atom stereocenters. The van der Waals surface area contributed by atoms with Crippen LogP contribution in [0.15, 0.2) is 48.5 Å². The number of halogens is 2. The molecule has 2 aromatic rings. The number of sulfonamides is 1. The summed E-state index contributed by atoms with van der Waals surface area (Å²) < 4.78 is 37.9. The Balaban J connectivity index is 2.04. The van der Waals surface area contributed by atoms with Gasteiger partial charge in [0.15, 0.2) is 0 Å². The predicted molar refractivity (Wildman–Crippen MR) is 92.4 cm³/mol. The number of anilines is 1. The molecule has 1 amide bonds. The van der Waals surface area contributed by atoms with Gasteiger partial charge in [0, 0.05) is 17.1 Å². The minimum Gasteiger partial charge on any atom is -0.350 e. The molecule has 0 saturated heterocycles. The van der Waals surface area contributed by atoms with Gasteiger partial charge in [0.1, 0.15) is 5.82 Å². The summed E-state index contributed by atoms with van der Waals surface area (Å²) in [6.45, 7) is 0.141. The third-order valence-electron chi connectivity index (χ3n) is 3.20. The van der Waals surface area contributed by atoms with Crippen LogP contribution < -0.4 is 9.62 Å². The van der Waals surface area contributed by atoms with E-state index in [2.05, 4.69) is 5.32 Å². The molecule has 0 saturated carbocycles. The number of amides is 1. The van der Waals surface area contributed by atoms with Gasteiger partial charge in [-0.3, -0.25) is 9.10 Å². The highest BCUT2D eigenvalue weighted by atomic mass is 35.5. The fraction of sp³-hybridized carbons (Fsp3) is 0.188. The summed E-state index contributed by atoms with van der Waals surface area (Å²) in [6.07, 6.45) is 1.08. The van der Waals surface area contributed by atoms with Crippen LogP contribution in [-0.2, 0) is 10.0 Å². The lowest BCUT2D eigenvalue weighted by atomic mass is 10.2. The van der Waals surface area contributed by atoms with Crippen molar-refractivity contribution in [2.45, 2.75) is 0 Å². The number of hydrogen-bond donors (Lipinski definition) is 1. The largest absolute Gasteiger partial charge is 0.350 e. The van der Waals surface area contributed by atoms with Crippen LogP contribution in [0.1, 0.15) is 10.4 Å². The quantitative estimate of drug-likeness (QED) is 0.850. The number of nitrogens with zero attached hydrogens (tertiary/aromatic N) is 1. The fourth-order valence-corrected chi connectivity index (χ4v) is 3.20. The van der Waals surface area contributed by atoms with E-state index in [1.165, 1.54) is 30.3 Å². The monoisotopic (exact) mass is 370 g/mol. The molecule has 8 heteroatoms. The maximum absolute atomic E-state index is 12.8. The van der Waals surface area contributed by atoms with E-state index >= 15 is 0 Å². The first-order valence-corrected chi connectivity index (χ1v) is 9.27. The van der Waals surface area contributed by atoms with Gasteiger partial charge in [-0.2, -0.15) is 0 Å². The Kier molecular flexibility index (Phi) is 5.80. The lowest BCUT2D eigenvalue weighted by Gasteiger charge is -2.22. The van der Waals surface area contributed by atoms with E-state index < -0.39 is 21.7 Å². The van der Waals surface area contributed by atoms with Gasteiger partial charge in [-0.25, -0.2) is 12.8 Å².